The van der Waals surface area contributed by atoms with Gasteiger partial charge in [0.15, 0.2) is 0 Å². The van der Waals surface area contributed by atoms with Gasteiger partial charge in [-0.15, -0.1) is 0 Å². The number of hydrogen-bond acceptors (Lipinski definition) is 3. The van der Waals surface area contributed by atoms with Crippen LogP contribution in [-0.2, 0) is 19.6 Å². The largest absolute Gasteiger partial charge is 0.334 e. The van der Waals surface area contributed by atoms with Crippen LogP contribution in [0.1, 0.15) is 43.7 Å². The average molecular weight is 355 g/mol. The first kappa shape index (κ1) is 18.5. The zero-order chi connectivity index (χ0) is 18.2. The number of carbonyl (C=O) groups excluding carboxylic acids is 1. The number of benzene rings is 1. The Morgan fingerprint density at radius 1 is 1.15 bits per heavy atom. The van der Waals surface area contributed by atoms with Crippen LogP contribution in [0.3, 0.4) is 0 Å². The van der Waals surface area contributed by atoms with Crippen LogP contribution < -0.4 is 10.6 Å². The van der Waals surface area contributed by atoms with E-state index in [1.807, 2.05) is 13.1 Å². The van der Waals surface area contributed by atoms with Crippen LogP contribution in [0.4, 0.5) is 10.5 Å². The van der Waals surface area contributed by atoms with E-state index in [4.69, 9.17) is 0 Å². The summed E-state index contributed by atoms with van der Waals surface area (Å²) < 4.78 is 1.78. The molecule has 2 heterocycles. The molecule has 1 saturated heterocycles. The Morgan fingerprint density at radius 2 is 1.92 bits per heavy atom. The molecular formula is C20H29N5O. The van der Waals surface area contributed by atoms with E-state index in [0.29, 0.717) is 12.2 Å². The van der Waals surface area contributed by atoms with Gasteiger partial charge in [-0.05, 0) is 44.0 Å². The minimum atomic E-state index is -0.210. The summed E-state index contributed by atoms with van der Waals surface area (Å²) in [5.41, 5.74) is 3.15. The zero-order valence-corrected chi connectivity index (χ0v) is 15.6. The molecule has 6 nitrogen and oxygen atoms in total. The second kappa shape index (κ2) is 9.38. The maximum atomic E-state index is 12.1. The lowest BCUT2D eigenvalue weighted by Crippen LogP contribution is -2.28. The number of aromatic nitrogens is 2. The lowest BCUT2D eigenvalue weighted by Gasteiger charge is -2.20. The van der Waals surface area contributed by atoms with Crippen LogP contribution in [0.25, 0.3) is 0 Å². The molecule has 2 N–H and O–H groups in total. The normalized spacial score (nSPS) is 15.4. The van der Waals surface area contributed by atoms with E-state index in [1.54, 1.807) is 10.9 Å². The molecule has 1 aliphatic heterocycles. The van der Waals surface area contributed by atoms with Gasteiger partial charge in [0.2, 0.25) is 0 Å². The Kier molecular flexibility index (Phi) is 6.66. The second-order valence-corrected chi connectivity index (χ2v) is 6.90. The van der Waals surface area contributed by atoms with E-state index in [9.17, 15) is 4.79 Å². The molecule has 0 unspecified atom stereocenters. The van der Waals surface area contributed by atoms with Gasteiger partial charge < -0.3 is 10.6 Å². The van der Waals surface area contributed by atoms with Crippen molar-refractivity contribution in [1.29, 1.82) is 0 Å². The third-order valence-corrected chi connectivity index (χ3v) is 4.76. The minimum absolute atomic E-state index is 0.210. The first-order valence-corrected chi connectivity index (χ1v) is 9.60. The third kappa shape index (κ3) is 5.59. The predicted molar refractivity (Wildman–Crippen MR) is 104 cm³/mol. The molecular weight excluding hydrogens is 326 g/mol. The number of carbonyl (C=O) groups is 1. The number of amides is 2. The summed E-state index contributed by atoms with van der Waals surface area (Å²) in [5.74, 6) is 0. The topological polar surface area (TPSA) is 62.2 Å². The summed E-state index contributed by atoms with van der Waals surface area (Å²) in [5, 5.41) is 9.88. The molecule has 1 aromatic carbocycles. The SMILES string of the molecule is CCn1cc(NC(=O)NCc2cccc(CN3CCCCCC3)c2)cn1. The second-order valence-electron chi connectivity index (χ2n) is 6.90. The number of rotatable bonds is 6. The van der Waals surface area contributed by atoms with Crippen molar-refractivity contribution in [3.63, 3.8) is 0 Å². The van der Waals surface area contributed by atoms with Gasteiger partial charge in [-0.3, -0.25) is 9.58 Å². The first-order chi connectivity index (χ1) is 12.7. The van der Waals surface area contributed by atoms with E-state index >= 15 is 0 Å². The maximum Gasteiger partial charge on any atom is 0.319 e. The molecule has 0 radical (unpaired) electrons. The monoisotopic (exact) mass is 355 g/mol. The number of hydrogen-bond donors (Lipinski definition) is 2. The highest BCUT2D eigenvalue weighted by Crippen LogP contribution is 2.14. The van der Waals surface area contributed by atoms with Crippen molar-refractivity contribution in [2.75, 3.05) is 18.4 Å². The number of urea groups is 1. The van der Waals surface area contributed by atoms with Gasteiger partial charge in [0, 0.05) is 25.8 Å². The van der Waals surface area contributed by atoms with Crippen molar-refractivity contribution < 1.29 is 4.79 Å². The number of aryl methyl sites for hydroxylation is 1. The van der Waals surface area contributed by atoms with Crippen LogP contribution in [0.15, 0.2) is 36.7 Å². The summed E-state index contributed by atoms with van der Waals surface area (Å²) in [7, 11) is 0. The Labute approximate surface area is 155 Å². The summed E-state index contributed by atoms with van der Waals surface area (Å²) in [6.07, 6.45) is 8.79. The molecule has 0 spiro atoms. The van der Waals surface area contributed by atoms with E-state index < -0.39 is 0 Å². The Bertz CT molecular complexity index is 704. The van der Waals surface area contributed by atoms with Crippen molar-refractivity contribution in [1.82, 2.24) is 20.0 Å². The van der Waals surface area contributed by atoms with Gasteiger partial charge in [0.1, 0.15) is 0 Å². The molecule has 1 aliphatic rings. The highest BCUT2D eigenvalue weighted by Gasteiger charge is 2.10. The molecule has 1 fully saturated rings. The van der Waals surface area contributed by atoms with E-state index in [2.05, 4.69) is 44.9 Å². The molecule has 2 aromatic rings. The Morgan fingerprint density at radius 3 is 2.65 bits per heavy atom. The van der Waals surface area contributed by atoms with Crippen LogP contribution in [0.2, 0.25) is 0 Å². The molecule has 2 amide bonds. The summed E-state index contributed by atoms with van der Waals surface area (Å²) in [6, 6.07) is 8.29. The van der Waals surface area contributed by atoms with Crippen LogP contribution >= 0.6 is 0 Å². The highest BCUT2D eigenvalue weighted by molar-refractivity contribution is 5.88. The Balaban J connectivity index is 1.49. The molecule has 26 heavy (non-hydrogen) atoms. The number of anilines is 1. The number of likely N-dealkylation sites (tertiary alicyclic amines) is 1. The molecule has 0 aliphatic carbocycles. The third-order valence-electron chi connectivity index (χ3n) is 4.76. The van der Waals surface area contributed by atoms with Crippen molar-refractivity contribution in [3.05, 3.63) is 47.8 Å². The molecule has 140 valence electrons. The zero-order valence-electron chi connectivity index (χ0n) is 15.6. The fourth-order valence-corrected chi connectivity index (χ4v) is 3.35. The summed E-state index contributed by atoms with van der Waals surface area (Å²) in [4.78, 5) is 14.6. The van der Waals surface area contributed by atoms with Crippen LogP contribution in [-0.4, -0.2) is 33.8 Å². The fourth-order valence-electron chi connectivity index (χ4n) is 3.35. The van der Waals surface area contributed by atoms with Crippen molar-refractivity contribution >= 4 is 11.7 Å². The van der Waals surface area contributed by atoms with Gasteiger partial charge in [-0.1, -0.05) is 37.1 Å². The van der Waals surface area contributed by atoms with Crippen LogP contribution in [0.5, 0.6) is 0 Å². The van der Waals surface area contributed by atoms with Gasteiger partial charge in [-0.25, -0.2) is 4.79 Å². The molecule has 6 heteroatoms. The highest BCUT2D eigenvalue weighted by atomic mass is 16.2. The summed E-state index contributed by atoms with van der Waals surface area (Å²) >= 11 is 0. The minimum Gasteiger partial charge on any atom is -0.334 e. The number of nitrogens with one attached hydrogen (secondary N) is 2. The van der Waals surface area contributed by atoms with Crippen molar-refractivity contribution in [2.24, 2.45) is 0 Å². The molecule has 1 aromatic heterocycles. The van der Waals surface area contributed by atoms with E-state index in [-0.39, 0.29) is 6.03 Å². The lowest BCUT2D eigenvalue weighted by molar-refractivity contribution is 0.251. The van der Waals surface area contributed by atoms with Crippen molar-refractivity contribution in [3.8, 4) is 0 Å². The molecule has 0 saturated carbocycles. The van der Waals surface area contributed by atoms with Gasteiger partial charge in [0.25, 0.3) is 0 Å². The van der Waals surface area contributed by atoms with Gasteiger partial charge in [-0.2, -0.15) is 5.10 Å². The molecule has 0 bridgehead atoms. The summed E-state index contributed by atoms with van der Waals surface area (Å²) in [6.45, 7) is 6.69. The fraction of sp³-hybridized carbons (Fsp3) is 0.500. The lowest BCUT2D eigenvalue weighted by atomic mass is 10.1. The van der Waals surface area contributed by atoms with Gasteiger partial charge in [0.05, 0.1) is 11.9 Å². The van der Waals surface area contributed by atoms with E-state index in [0.717, 1.165) is 18.7 Å². The maximum absolute atomic E-state index is 12.1. The standard InChI is InChI=1S/C20H29N5O/c1-2-25-16-19(14-22-25)23-20(26)21-13-17-8-7-9-18(12-17)15-24-10-5-3-4-6-11-24/h7-9,12,14,16H,2-6,10-11,13,15H2,1H3,(H2,21,23,26). The molecule has 3 rings (SSSR count). The van der Waals surface area contributed by atoms with Crippen molar-refractivity contribution in [2.45, 2.75) is 52.2 Å². The quantitative estimate of drug-likeness (QED) is 0.832. The van der Waals surface area contributed by atoms with E-state index in [1.165, 1.54) is 44.3 Å². The van der Waals surface area contributed by atoms with Gasteiger partial charge >= 0.3 is 6.03 Å². The number of nitrogens with zero attached hydrogens (tertiary/aromatic N) is 3. The Hall–Kier alpha value is -2.34. The average Bonchev–Trinajstić information content (AvgIpc) is 2.95. The first-order valence-electron chi connectivity index (χ1n) is 9.60. The smallest absolute Gasteiger partial charge is 0.319 e. The molecule has 0 atom stereocenters. The van der Waals surface area contributed by atoms with Crippen LogP contribution in [0, 0.1) is 0 Å². The predicted octanol–water partition coefficient (Wildman–Crippen LogP) is 3.60.